The summed E-state index contributed by atoms with van der Waals surface area (Å²) >= 11 is 0. The molecule has 1 aromatic carbocycles. The molecule has 6 nitrogen and oxygen atoms in total. The van der Waals surface area contributed by atoms with Crippen LogP contribution in [0.2, 0.25) is 0 Å². The molecule has 1 aromatic heterocycles. The fourth-order valence-corrected chi connectivity index (χ4v) is 1.61. The molecule has 1 atom stereocenters. The lowest BCUT2D eigenvalue weighted by atomic mass is 10.1. The van der Waals surface area contributed by atoms with E-state index in [2.05, 4.69) is 14.8 Å². The molecule has 2 aromatic rings. The maximum atomic E-state index is 11.3. The summed E-state index contributed by atoms with van der Waals surface area (Å²) in [5, 5.41) is 13.7. The number of methoxy groups -OCH3 is 1. The van der Waals surface area contributed by atoms with Crippen molar-refractivity contribution in [3.05, 3.63) is 42.0 Å². The second-order valence-corrected chi connectivity index (χ2v) is 3.74. The van der Waals surface area contributed by atoms with E-state index in [1.54, 1.807) is 19.1 Å². The van der Waals surface area contributed by atoms with Crippen molar-refractivity contribution in [1.82, 2.24) is 14.8 Å². The Labute approximate surface area is 104 Å². The second kappa shape index (κ2) is 4.97. The van der Waals surface area contributed by atoms with E-state index in [-0.39, 0.29) is 5.82 Å². The van der Waals surface area contributed by atoms with E-state index in [1.807, 2.05) is 12.1 Å². The zero-order valence-corrected chi connectivity index (χ0v) is 10.1. The van der Waals surface area contributed by atoms with E-state index in [9.17, 15) is 9.90 Å². The Morgan fingerprint density at radius 1 is 1.44 bits per heavy atom. The van der Waals surface area contributed by atoms with Crippen LogP contribution in [0.25, 0.3) is 5.69 Å². The number of nitrogens with zero attached hydrogens (tertiary/aromatic N) is 3. The standard InChI is InChI=1S/C12H13N3O3/c1-8(16)9-5-3-4-6-10(9)15-7-13-11(14-15)12(17)18-2/h3-8,16H,1-2H3. The van der Waals surface area contributed by atoms with E-state index in [1.165, 1.54) is 18.1 Å². The lowest BCUT2D eigenvalue weighted by Crippen LogP contribution is -2.07. The van der Waals surface area contributed by atoms with E-state index >= 15 is 0 Å². The summed E-state index contributed by atoms with van der Waals surface area (Å²) in [6.07, 6.45) is 0.778. The molecule has 0 spiro atoms. The van der Waals surface area contributed by atoms with E-state index in [0.29, 0.717) is 11.3 Å². The molecule has 0 saturated carbocycles. The normalized spacial score (nSPS) is 12.2. The number of para-hydroxylation sites is 1. The van der Waals surface area contributed by atoms with Crippen molar-refractivity contribution in [2.45, 2.75) is 13.0 Å². The van der Waals surface area contributed by atoms with Crippen molar-refractivity contribution in [3.8, 4) is 5.69 Å². The number of esters is 1. The van der Waals surface area contributed by atoms with Crippen molar-refractivity contribution in [1.29, 1.82) is 0 Å². The summed E-state index contributed by atoms with van der Waals surface area (Å²) in [6, 6.07) is 7.22. The van der Waals surface area contributed by atoms with Crippen LogP contribution in [-0.4, -0.2) is 33.0 Å². The average Bonchev–Trinajstić information content (AvgIpc) is 2.87. The Morgan fingerprint density at radius 2 is 2.17 bits per heavy atom. The summed E-state index contributed by atoms with van der Waals surface area (Å²) in [4.78, 5) is 15.1. The van der Waals surface area contributed by atoms with Gasteiger partial charge in [0.05, 0.1) is 18.9 Å². The lowest BCUT2D eigenvalue weighted by molar-refractivity contribution is 0.0587. The third-order valence-electron chi connectivity index (χ3n) is 2.49. The maximum Gasteiger partial charge on any atom is 0.377 e. The minimum Gasteiger partial charge on any atom is -0.463 e. The predicted molar refractivity (Wildman–Crippen MR) is 63.3 cm³/mol. The van der Waals surface area contributed by atoms with Gasteiger partial charge in [0.1, 0.15) is 6.33 Å². The number of hydrogen-bond acceptors (Lipinski definition) is 5. The molecule has 0 radical (unpaired) electrons. The van der Waals surface area contributed by atoms with Crippen molar-refractivity contribution < 1.29 is 14.6 Å². The molecule has 94 valence electrons. The summed E-state index contributed by atoms with van der Waals surface area (Å²) in [7, 11) is 1.27. The van der Waals surface area contributed by atoms with Crippen molar-refractivity contribution >= 4 is 5.97 Å². The number of benzene rings is 1. The first-order chi connectivity index (χ1) is 8.63. The van der Waals surface area contributed by atoms with Gasteiger partial charge in [-0.1, -0.05) is 18.2 Å². The zero-order valence-electron chi connectivity index (χ0n) is 10.1. The minimum atomic E-state index is -0.632. The summed E-state index contributed by atoms with van der Waals surface area (Å²) in [6.45, 7) is 1.66. The van der Waals surface area contributed by atoms with Crippen LogP contribution in [0.15, 0.2) is 30.6 Å². The van der Waals surface area contributed by atoms with Gasteiger partial charge in [-0.15, -0.1) is 5.10 Å². The van der Waals surface area contributed by atoms with E-state index < -0.39 is 12.1 Å². The highest BCUT2D eigenvalue weighted by atomic mass is 16.5. The summed E-state index contributed by atoms with van der Waals surface area (Å²) < 4.78 is 5.98. The van der Waals surface area contributed by atoms with Gasteiger partial charge in [0.2, 0.25) is 0 Å². The van der Waals surface area contributed by atoms with Gasteiger partial charge in [0.15, 0.2) is 0 Å². The monoisotopic (exact) mass is 247 g/mol. The van der Waals surface area contributed by atoms with Crippen molar-refractivity contribution in [2.75, 3.05) is 7.11 Å². The quantitative estimate of drug-likeness (QED) is 0.822. The molecule has 0 saturated heterocycles. The number of aliphatic hydroxyl groups excluding tert-OH is 1. The highest BCUT2D eigenvalue weighted by Crippen LogP contribution is 2.20. The molecule has 1 unspecified atom stereocenters. The topological polar surface area (TPSA) is 77.2 Å². The van der Waals surface area contributed by atoms with Crippen LogP contribution < -0.4 is 0 Å². The van der Waals surface area contributed by atoms with Crippen molar-refractivity contribution in [2.24, 2.45) is 0 Å². The lowest BCUT2D eigenvalue weighted by Gasteiger charge is -2.10. The maximum absolute atomic E-state index is 11.3. The Kier molecular flexibility index (Phi) is 3.38. The fourth-order valence-electron chi connectivity index (χ4n) is 1.61. The van der Waals surface area contributed by atoms with Crippen LogP contribution in [0.4, 0.5) is 0 Å². The predicted octanol–water partition coefficient (Wildman–Crippen LogP) is 1.11. The number of rotatable bonds is 3. The number of carbonyl (C=O) groups excluding carboxylic acids is 1. The van der Waals surface area contributed by atoms with E-state index in [0.717, 1.165) is 0 Å². The van der Waals surface area contributed by atoms with Crippen LogP contribution in [0.3, 0.4) is 0 Å². The van der Waals surface area contributed by atoms with Gasteiger partial charge < -0.3 is 9.84 Å². The van der Waals surface area contributed by atoms with Gasteiger partial charge in [-0.05, 0) is 13.0 Å². The third kappa shape index (κ3) is 2.23. The first kappa shape index (κ1) is 12.3. The Balaban J connectivity index is 2.43. The van der Waals surface area contributed by atoms with Crippen LogP contribution >= 0.6 is 0 Å². The highest BCUT2D eigenvalue weighted by molar-refractivity contribution is 5.84. The first-order valence-electron chi connectivity index (χ1n) is 5.41. The van der Waals surface area contributed by atoms with Gasteiger partial charge in [-0.25, -0.2) is 14.5 Å². The molecule has 0 aliphatic heterocycles. The van der Waals surface area contributed by atoms with E-state index in [4.69, 9.17) is 0 Å². The molecule has 1 heterocycles. The largest absolute Gasteiger partial charge is 0.463 e. The van der Waals surface area contributed by atoms with Crippen LogP contribution in [0, 0.1) is 0 Å². The molecule has 0 aliphatic carbocycles. The van der Waals surface area contributed by atoms with Crippen LogP contribution in [0.5, 0.6) is 0 Å². The first-order valence-corrected chi connectivity index (χ1v) is 5.41. The molecular weight excluding hydrogens is 234 g/mol. The second-order valence-electron chi connectivity index (χ2n) is 3.74. The molecule has 6 heteroatoms. The molecule has 18 heavy (non-hydrogen) atoms. The van der Waals surface area contributed by atoms with Gasteiger partial charge in [-0.3, -0.25) is 0 Å². The molecule has 1 N–H and O–H groups in total. The molecule has 0 aliphatic rings. The number of aromatic nitrogens is 3. The molecule has 0 bridgehead atoms. The highest BCUT2D eigenvalue weighted by Gasteiger charge is 2.14. The fraction of sp³-hybridized carbons (Fsp3) is 0.250. The molecule has 0 fully saturated rings. The van der Waals surface area contributed by atoms with Gasteiger partial charge >= 0.3 is 5.97 Å². The number of carbonyl (C=O) groups is 1. The number of aliphatic hydroxyl groups is 1. The van der Waals surface area contributed by atoms with Gasteiger partial charge in [-0.2, -0.15) is 0 Å². The minimum absolute atomic E-state index is 0.0158. The Bertz CT molecular complexity index is 563. The Morgan fingerprint density at radius 3 is 2.83 bits per heavy atom. The van der Waals surface area contributed by atoms with Gasteiger partial charge in [0, 0.05) is 5.56 Å². The molecular formula is C12H13N3O3. The Hall–Kier alpha value is -2.21. The molecule has 0 amide bonds. The summed E-state index contributed by atoms with van der Waals surface area (Å²) in [5.74, 6) is -0.610. The van der Waals surface area contributed by atoms with Crippen LogP contribution in [0.1, 0.15) is 29.2 Å². The van der Waals surface area contributed by atoms with Crippen LogP contribution in [-0.2, 0) is 4.74 Å². The van der Waals surface area contributed by atoms with Crippen molar-refractivity contribution in [3.63, 3.8) is 0 Å². The third-order valence-corrected chi connectivity index (χ3v) is 2.49. The molecule has 2 rings (SSSR count). The van der Waals surface area contributed by atoms with Gasteiger partial charge in [0.25, 0.3) is 5.82 Å². The zero-order chi connectivity index (χ0) is 13.1. The number of hydrogen-bond donors (Lipinski definition) is 1. The smallest absolute Gasteiger partial charge is 0.377 e. The SMILES string of the molecule is COC(=O)c1ncn(-c2ccccc2C(C)O)n1. The summed E-state index contributed by atoms with van der Waals surface area (Å²) in [5.41, 5.74) is 1.38. The number of ether oxygens (including phenoxy) is 1. The average molecular weight is 247 g/mol.